The molecular formula is C13H24N4O2S2. The predicted octanol–water partition coefficient (Wildman–Crippen LogP) is 0.984. The molecule has 0 radical (unpaired) electrons. The topological polar surface area (TPSA) is 74.3 Å². The molecule has 1 aromatic rings. The van der Waals surface area contributed by atoms with Crippen LogP contribution >= 0.6 is 11.3 Å². The SMILES string of the molecule is CCNCC1CCCCN1S(=O)(=O)NCCc1nccs1. The molecule has 2 N–H and O–H groups in total. The van der Waals surface area contributed by atoms with Crippen LogP contribution in [0.15, 0.2) is 11.6 Å². The highest BCUT2D eigenvalue weighted by atomic mass is 32.2. The van der Waals surface area contributed by atoms with Crippen molar-refractivity contribution in [2.75, 3.05) is 26.2 Å². The Bertz CT molecular complexity index is 504. The van der Waals surface area contributed by atoms with Crippen molar-refractivity contribution in [1.82, 2.24) is 19.3 Å². The van der Waals surface area contributed by atoms with Gasteiger partial charge in [-0.3, -0.25) is 0 Å². The van der Waals surface area contributed by atoms with Crippen molar-refractivity contribution < 1.29 is 8.42 Å². The van der Waals surface area contributed by atoms with Crippen LogP contribution in [0.4, 0.5) is 0 Å². The Kier molecular flexibility index (Phi) is 6.56. The molecular weight excluding hydrogens is 308 g/mol. The highest BCUT2D eigenvalue weighted by molar-refractivity contribution is 7.87. The van der Waals surface area contributed by atoms with Crippen molar-refractivity contribution in [3.63, 3.8) is 0 Å². The lowest BCUT2D eigenvalue weighted by molar-refractivity contribution is 0.244. The van der Waals surface area contributed by atoms with E-state index >= 15 is 0 Å². The van der Waals surface area contributed by atoms with Crippen molar-refractivity contribution in [2.24, 2.45) is 0 Å². The standard InChI is InChI=1S/C13H24N4O2S2/c1-2-14-11-12-5-3-4-9-17(12)21(18,19)16-7-6-13-15-8-10-20-13/h8,10,12,14,16H,2-7,9,11H2,1H3. The monoisotopic (exact) mass is 332 g/mol. The Morgan fingerprint density at radius 3 is 3.05 bits per heavy atom. The Morgan fingerprint density at radius 2 is 2.33 bits per heavy atom. The van der Waals surface area contributed by atoms with Gasteiger partial charge in [0, 0.05) is 43.7 Å². The first-order chi connectivity index (χ1) is 10.1. The number of hydrogen-bond donors (Lipinski definition) is 2. The number of aromatic nitrogens is 1. The molecule has 120 valence electrons. The quantitative estimate of drug-likeness (QED) is 0.744. The highest BCUT2D eigenvalue weighted by Crippen LogP contribution is 2.19. The van der Waals surface area contributed by atoms with Gasteiger partial charge in [0.25, 0.3) is 10.2 Å². The van der Waals surface area contributed by atoms with Crippen molar-refractivity contribution in [1.29, 1.82) is 0 Å². The fraction of sp³-hybridized carbons (Fsp3) is 0.769. The second-order valence-corrected chi connectivity index (χ2v) is 7.83. The van der Waals surface area contributed by atoms with E-state index in [1.807, 2.05) is 12.3 Å². The van der Waals surface area contributed by atoms with Crippen molar-refractivity contribution in [2.45, 2.75) is 38.6 Å². The van der Waals surface area contributed by atoms with Crippen molar-refractivity contribution in [3.8, 4) is 0 Å². The molecule has 21 heavy (non-hydrogen) atoms. The van der Waals surface area contributed by atoms with Crippen LogP contribution < -0.4 is 10.0 Å². The molecule has 1 aromatic heterocycles. The van der Waals surface area contributed by atoms with Gasteiger partial charge in [0.1, 0.15) is 0 Å². The number of thiazole rings is 1. The van der Waals surface area contributed by atoms with Gasteiger partial charge in [-0.25, -0.2) is 9.71 Å². The molecule has 1 unspecified atom stereocenters. The number of rotatable bonds is 8. The zero-order chi connectivity index (χ0) is 15.1. The van der Waals surface area contributed by atoms with Crippen LogP contribution in [-0.2, 0) is 16.6 Å². The van der Waals surface area contributed by atoms with Gasteiger partial charge in [-0.2, -0.15) is 12.7 Å². The predicted molar refractivity (Wildman–Crippen MR) is 85.6 cm³/mol. The molecule has 1 aliphatic rings. The summed E-state index contributed by atoms with van der Waals surface area (Å²) in [5.74, 6) is 0. The highest BCUT2D eigenvalue weighted by Gasteiger charge is 2.31. The molecule has 6 nitrogen and oxygen atoms in total. The van der Waals surface area contributed by atoms with Crippen LogP contribution in [0.3, 0.4) is 0 Å². The summed E-state index contributed by atoms with van der Waals surface area (Å²) in [6, 6.07) is 0.0658. The molecule has 0 aromatic carbocycles. The van der Waals surface area contributed by atoms with E-state index < -0.39 is 10.2 Å². The number of nitrogens with one attached hydrogen (secondary N) is 2. The fourth-order valence-electron chi connectivity index (χ4n) is 2.55. The molecule has 1 saturated heterocycles. The van der Waals surface area contributed by atoms with Crippen LogP contribution in [0, 0.1) is 0 Å². The molecule has 0 spiro atoms. The Morgan fingerprint density at radius 1 is 1.48 bits per heavy atom. The molecule has 1 fully saturated rings. The van der Waals surface area contributed by atoms with Crippen LogP contribution in [0.2, 0.25) is 0 Å². The third-order valence-corrected chi connectivity index (χ3v) is 6.13. The first-order valence-electron chi connectivity index (χ1n) is 7.49. The van der Waals surface area contributed by atoms with Gasteiger partial charge >= 0.3 is 0 Å². The number of likely N-dealkylation sites (N-methyl/N-ethyl adjacent to an activating group) is 1. The Hall–Kier alpha value is -0.540. The summed E-state index contributed by atoms with van der Waals surface area (Å²) in [4.78, 5) is 4.16. The van der Waals surface area contributed by atoms with E-state index in [1.54, 1.807) is 21.8 Å². The van der Waals surface area contributed by atoms with Crippen molar-refractivity contribution in [3.05, 3.63) is 16.6 Å². The number of hydrogen-bond acceptors (Lipinski definition) is 5. The molecule has 2 heterocycles. The average molecular weight is 332 g/mol. The smallest absolute Gasteiger partial charge is 0.279 e. The Labute approximate surface area is 131 Å². The van der Waals surface area contributed by atoms with E-state index in [4.69, 9.17) is 0 Å². The van der Waals surface area contributed by atoms with Gasteiger partial charge < -0.3 is 5.32 Å². The molecule has 1 atom stereocenters. The summed E-state index contributed by atoms with van der Waals surface area (Å²) in [6.45, 7) is 4.64. The molecule has 1 aliphatic heterocycles. The minimum atomic E-state index is -3.40. The minimum Gasteiger partial charge on any atom is -0.315 e. The minimum absolute atomic E-state index is 0.0658. The van der Waals surface area contributed by atoms with Gasteiger partial charge in [0.15, 0.2) is 0 Å². The molecule has 0 saturated carbocycles. The van der Waals surface area contributed by atoms with Crippen LogP contribution in [-0.4, -0.2) is 49.9 Å². The van der Waals surface area contributed by atoms with Gasteiger partial charge in [-0.1, -0.05) is 13.3 Å². The van der Waals surface area contributed by atoms with Crippen LogP contribution in [0.25, 0.3) is 0 Å². The van der Waals surface area contributed by atoms with E-state index in [9.17, 15) is 8.42 Å². The summed E-state index contributed by atoms with van der Waals surface area (Å²) in [6.07, 6.45) is 5.35. The Balaban J connectivity index is 1.89. The summed E-state index contributed by atoms with van der Waals surface area (Å²) in [5, 5.41) is 6.12. The third kappa shape index (κ3) is 5.00. The summed E-state index contributed by atoms with van der Waals surface area (Å²) >= 11 is 1.55. The van der Waals surface area contributed by atoms with Crippen LogP contribution in [0.1, 0.15) is 31.2 Å². The maximum absolute atomic E-state index is 12.5. The van der Waals surface area contributed by atoms with E-state index in [1.165, 1.54) is 0 Å². The fourth-order valence-corrected chi connectivity index (χ4v) is 4.64. The number of nitrogens with zero attached hydrogens (tertiary/aromatic N) is 2. The summed E-state index contributed by atoms with van der Waals surface area (Å²) in [7, 11) is -3.40. The van der Waals surface area contributed by atoms with E-state index in [2.05, 4.69) is 15.0 Å². The van der Waals surface area contributed by atoms with Gasteiger partial charge in [0.2, 0.25) is 0 Å². The van der Waals surface area contributed by atoms with Gasteiger partial charge in [-0.05, 0) is 19.4 Å². The lowest BCUT2D eigenvalue weighted by Gasteiger charge is -2.34. The first kappa shape index (κ1) is 16.8. The van der Waals surface area contributed by atoms with E-state index in [0.717, 1.165) is 37.4 Å². The molecule has 0 aliphatic carbocycles. The lowest BCUT2D eigenvalue weighted by atomic mass is 10.1. The molecule has 0 bridgehead atoms. The summed E-state index contributed by atoms with van der Waals surface area (Å²) < 4.78 is 29.3. The second kappa shape index (κ2) is 8.19. The maximum atomic E-state index is 12.5. The number of piperidine rings is 1. The maximum Gasteiger partial charge on any atom is 0.279 e. The molecule has 8 heteroatoms. The second-order valence-electron chi connectivity index (χ2n) is 5.14. The normalized spacial score (nSPS) is 20.7. The zero-order valence-corrected chi connectivity index (χ0v) is 14.0. The van der Waals surface area contributed by atoms with Gasteiger partial charge in [0.05, 0.1) is 5.01 Å². The molecule has 2 rings (SSSR count). The van der Waals surface area contributed by atoms with E-state index in [-0.39, 0.29) is 6.04 Å². The lowest BCUT2D eigenvalue weighted by Crippen LogP contribution is -2.52. The van der Waals surface area contributed by atoms with E-state index in [0.29, 0.717) is 19.5 Å². The molecule has 0 amide bonds. The van der Waals surface area contributed by atoms with Gasteiger partial charge in [-0.15, -0.1) is 11.3 Å². The van der Waals surface area contributed by atoms with Crippen molar-refractivity contribution >= 4 is 21.5 Å². The zero-order valence-electron chi connectivity index (χ0n) is 12.4. The largest absolute Gasteiger partial charge is 0.315 e. The average Bonchev–Trinajstić information content (AvgIpc) is 2.98. The summed E-state index contributed by atoms with van der Waals surface area (Å²) in [5.41, 5.74) is 0. The first-order valence-corrected chi connectivity index (χ1v) is 9.81. The third-order valence-electron chi connectivity index (χ3n) is 3.62. The van der Waals surface area contributed by atoms with Crippen LogP contribution in [0.5, 0.6) is 0 Å².